The van der Waals surface area contributed by atoms with E-state index in [1.807, 2.05) is 0 Å². The minimum Gasteiger partial charge on any atom is -0.359 e. The fraction of sp³-hybridized carbons (Fsp3) is 0.286. The average Bonchev–Trinajstić information content (AvgIpc) is 2.45. The van der Waals surface area contributed by atoms with Gasteiger partial charge in [0.15, 0.2) is 0 Å². The number of rotatable bonds is 4. The number of benzene rings is 1. The number of fused-ring (bicyclic) bond motifs is 1. The van der Waals surface area contributed by atoms with Gasteiger partial charge in [-0.15, -0.1) is 0 Å². The topological polar surface area (TPSA) is 88.4 Å². The van der Waals surface area contributed by atoms with E-state index in [9.17, 15) is 14.9 Å². The Morgan fingerprint density at radius 3 is 2.67 bits per heavy atom. The Labute approximate surface area is 121 Å². The lowest BCUT2D eigenvalue weighted by Crippen LogP contribution is -2.36. The van der Waals surface area contributed by atoms with Crippen LogP contribution in [0.3, 0.4) is 0 Å². The minimum atomic E-state index is -0.441. The van der Waals surface area contributed by atoms with Crippen LogP contribution < -0.4 is 5.32 Å². The molecule has 2 rings (SSSR count). The van der Waals surface area contributed by atoms with Crippen LogP contribution in [0.25, 0.3) is 10.9 Å². The van der Waals surface area contributed by atoms with Crippen LogP contribution in [0.4, 0.5) is 11.5 Å². The van der Waals surface area contributed by atoms with Gasteiger partial charge in [0.1, 0.15) is 11.9 Å². The van der Waals surface area contributed by atoms with Crippen molar-refractivity contribution in [3.8, 4) is 0 Å². The number of amides is 1. The Morgan fingerprint density at radius 1 is 1.33 bits per heavy atom. The molecule has 0 aliphatic carbocycles. The largest absolute Gasteiger partial charge is 0.359 e. The van der Waals surface area contributed by atoms with Crippen LogP contribution in [0.15, 0.2) is 30.3 Å². The molecule has 1 amide bonds. The van der Waals surface area contributed by atoms with Crippen molar-refractivity contribution in [2.75, 3.05) is 19.4 Å². The van der Waals surface area contributed by atoms with Crippen molar-refractivity contribution in [3.05, 3.63) is 40.4 Å². The lowest BCUT2D eigenvalue weighted by Gasteiger charge is -2.18. The highest BCUT2D eigenvalue weighted by atomic mass is 16.6. The molecule has 2 aromatic rings. The number of likely N-dealkylation sites (N-methyl/N-ethyl adjacent to an activating group) is 1. The van der Waals surface area contributed by atoms with Crippen molar-refractivity contribution in [3.63, 3.8) is 0 Å². The maximum atomic E-state index is 11.8. The predicted molar refractivity (Wildman–Crippen MR) is 80.2 cm³/mol. The van der Waals surface area contributed by atoms with E-state index in [0.717, 1.165) is 0 Å². The zero-order valence-corrected chi connectivity index (χ0v) is 12.0. The summed E-state index contributed by atoms with van der Waals surface area (Å²) in [5.41, 5.74) is 0.663. The third-order valence-corrected chi connectivity index (χ3v) is 3.06. The minimum absolute atomic E-state index is 0.0289. The van der Waals surface area contributed by atoms with E-state index in [4.69, 9.17) is 0 Å². The van der Waals surface area contributed by atoms with E-state index in [1.165, 1.54) is 17.0 Å². The molecule has 0 fully saturated rings. The first-order valence-corrected chi connectivity index (χ1v) is 6.41. The molecular weight excluding hydrogens is 272 g/mol. The second-order valence-electron chi connectivity index (χ2n) is 4.93. The fourth-order valence-electron chi connectivity index (χ4n) is 1.98. The van der Waals surface area contributed by atoms with E-state index in [2.05, 4.69) is 10.3 Å². The number of aromatic nitrogens is 1. The van der Waals surface area contributed by atoms with Crippen molar-refractivity contribution in [2.24, 2.45) is 0 Å². The van der Waals surface area contributed by atoms with Gasteiger partial charge < -0.3 is 10.2 Å². The summed E-state index contributed by atoms with van der Waals surface area (Å²) in [5.74, 6) is 0.500. The molecule has 0 aliphatic heterocycles. The summed E-state index contributed by atoms with van der Waals surface area (Å²) in [6.45, 7) is 1.75. The number of non-ortho nitro benzene ring substituents is 1. The summed E-state index contributed by atoms with van der Waals surface area (Å²) in [6.07, 6.45) is 0. The van der Waals surface area contributed by atoms with Gasteiger partial charge in [0.25, 0.3) is 5.69 Å². The number of nitro groups is 1. The molecule has 21 heavy (non-hydrogen) atoms. The molecule has 1 aromatic heterocycles. The number of anilines is 1. The second-order valence-corrected chi connectivity index (χ2v) is 4.93. The zero-order valence-electron chi connectivity index (χ0n) is 12.0. The SMILES string of the molecule is C[C@H](Nc1ccc2cc([N+](=O)[O-])ccc2n1)C(=O)N(C)C. The third-order valence-electron chi connectivity index (χ3n) is 3.06. The number of pyridine rings is 1. The first kappa shape index (κ1) is 14.7. The van der Waals surface area contributed by atoms with E-state index in [0.29, 0.717) is 16.7 Å². The molecule has 1 N–H and O–H groups in total. The molecule has 1 atom stereocenters. The van der Waals surface area contributed by atoms with Crippen molar-refractivity contribution in [1.82, 2.24) is 9.88 Å². The van der Waals surface area contributed by atoms with Gasteiger partial charge in [0, 0.05) is 31.6 Å². The number of nitrogens with zero attached hydrogens (tertiary/aromatic N) is 3. The van der Waals surface area contributed by atoms with Crippen molar-refractivity contribution in [1.29, 1.82) is 0 Å². The first-order valence-electron chi connectivity index (χ1n) is 6.41. The molecule has 0 aliphatic rings. The lowest BCUT2D eigenvalue weighted by atomic mass is 10.2. The average molecular weight is 288 g/mol. The van der Waals surface area contributed by atoms with Gasteiger partial charge >= 0.3 is 0 Å². The summed E-state index contributed by atoms with van der Waals surface area (Å²) < 4.78 is 0. The molecule has 0 radical (unpaired) electrons. The highest BCUT2D eigenvalue weighted by Gasteiger charge is 2.15. The molecule has 0 spiro atoms. The highest BCUT2D eigenvalue weighted by Crippen LogP contribution is 2.21. The summed E-state index contributed by atoms with van der Waals surface area (Å²) >= 11 is 0. The van der Waals surface area contributed by atoms with Crippen molar-refractivity contribution in [2.45, 2.75) is 13.0 Å². The number of nitrogens with one attached hydrogen (secondary N) is 1. The van der Waals surface area contributed by atoms with Gasteiger partial charge in [-0.05, 0) is 25.1 Å². The van der Waals surface area contributed by atoms with Gasteiger partial charge in [0.2, 0.25) is 5.91 Å². The van der Waals surface area contributed by atoms with Crippen LogP contribution >= 0.6 is 0 Å². The Morgan fingerprint density at radius 2 is 2.05 bits per heavy atom. The van der Waals surface area contributed by atoms with Gasteiger partial charge in [-0.2, -0.15) is 0 Å². The molecule has 1 aromatic carbocycles. The van der Waals surface area contributed by atoms with Crippen LogP contribution in [0.1, 0.15) is 6.92 Å². The van der Waals surface area contributed by atoms with Crippen LogP contribution in [-0.2, 0) is 4.79 Å². The molecule has 0 bridgehead atoms. The summed E-state index contributed by atoms with van der Waals surface area (Å²) in [6, 6.07) is 7.52. The molecular formula is C14H16N4O3. The zero-order chi connectivity index (χ0) is 15.6. The quantitative estimate of drug-likeness (QED) is 0.687. The van der Waals surface area contributed by atoms with E-state index in [-0.39, 0.29) is 11.6 Å². The number of carbonyl (C=O) groups excluding carboxylic acids is 1. The van der Waals surface area contributed by atoms with Crippen molar-refractivity contribution < 1.29 is 9.72 Å². The predicted octanol–water partition coefficient (Wildman–Crippen LogP) is 2.03. The Hall–Kier alpha value is -2.70. The monoisotopic (exact) mass is 288 g/mol. The molecule has 0 saturated heterocycles. The molecule has 0 saturated carbocycles. The molecule has 7 nitrogen and oxygen atoms in total. The van der Waals surface area contributed by atoms with Crippen LogP contribution in [0, 0.1) is 10.1 Å². The van der Waals surface area contributed by atoms with Crippen LogP contribution in [-0.4, -0.2) is 40.9 Å². The molecule has 7 heteroatoms. The fourth-order valence-corrected chi connectivity index (χ4v) is 1.98. The maximum Gasteiger partial charge on any atom is 0.270 e. The summed E-state index contributed by atoms with van der Waals surface area (Å²) in [7, 11) is 3.38. The summed E-state index contributed by atoms with van der Waals surface area (Å²) in [4.78, 5) is 27.9. The van der Waals surface area contributed by atoms with Gasteiger partial charge in [0.05, 0.1) is 10.4 Å². The van der Waals surface area contributed by atoms with Crippen LogP contribution in [0.5, 0.6) is 0 Å². The van der Waals surface area contributed by atoms with E-state index < -0.39 is 11.0 Å². The maximum absolute atomic E-state index is 11.8. The normalized spacial score (nSPS) is 12.0. The van der Waals surface area contributed by atoms with Crippen LogP contribution in [0.2, 0.25) is 0 Å². The Balaban J connectivity index is 2.25. The van der Waals surface area contributed by atoms with Gasteiger partial charge in [-0.25, -0.2) is 4.98 Å². The highest BCUT2D eigenvalue weighted by molar-refractivity contribution is 5.85. The third kappa shape index (κ3) is 3.25. The molecule has 0 unspecified atom stereocenters. The first-order chi connectivity index (χ1) is 9.88. The standard InChI is InChI=1S/C14H16N4O3/c1-9(14(19)17(2)3)15-13-7-4-10-8-11(18(20)21)5-6-12(10)16-13/h4-9H,1-3H3,(H,15,16)/t9-/m0/s1. The van der Waals surface area contributed by atoms with E-state index >= 15 is 0 Å². The molecule has 110 valence electrons. The number of nitro benzene ring substituents is 1. The van der Waals surface area contributed by atoms with E-state index in [1.54, 1.807) is 39.2 Å². The Kier molecular flexibility index (Phi) is 4.02. The number of carbonyl (C=O) groups is 1. The lowest BCUT2D eigenvalue weighted by molar-refractivity contribution is -0.384. The summed E-state index contributed by atoms with van der Waals surface area (Å²) in [5, 5.41) is 14.4. The van der Waals surface area contributed by atoms with Gasteiger partial charge in [-0.3, -0.25) is 14.9 Å². The second kappa shape index (κ2) is 5.74. The van der Waals surface area contributed by atoms with Gasteiger partial charge in [-0.1, -0.05) is 0 Å². The molecule has 1 heterocycles. The number of hydrogen-bond acceptors (Lipinski definition) is 5. The smallest absolute Gasteiger partial charge is 0.270 e. The van der Waals surface area contributed by atoms with Crippen molar-refractivity contribution >= 4 is 28.3 Å². The number of hydrogen-bond donors (Lipinski definition) is 1. The Bertz CT molecular complexity index is 700.